The Morgan fingerprint density at radius 2 is 1.91 bits per heavy atom. The van der Waals surface area contributed by atoms with Gasteiger partial charge in [-0.15, -0.1) is 0 Å². The van der Waals surface area contributed by atoms with Gasteiger partial charge in [0.15, 0.2) is 0 Å². The highest BCUT2D eigenvalue weighted by molar-refractivity contribution is 5.67. The number of carbonyl (C=O) groups is 1. The first-order valence-electron chi connectivity index (χ1n) is 6.49. The second-order valence-electron chi connectivity index (χ2n) is 5.73. The van der Waals surface area contributed by atoms with Crippen molar-refractivity contribution in [3.63, 3.8) is 0 Å². The second kappa shape index (κ2) is 6.51. The van der Waals surface area contributed by atoms with Crippen LogP contribution in [0.3, 0.4) is 0 Å². The third kappa shape index (κ3) is 5.51. The molecule has 0 heterocycles. The molecule has 22 heavy (non-hydrogen) atoms. The van der Waals surface area contributed by atoms with Gasteiger partial charge >= 0.3 is 12.3 Å². The molecule has 0 aliphatic carbocycles. The van der Waals surface area contributed by atoms with Crippen LogP contribution in [0.15, 0.2) is 18.2 Å². The van der Waals surface area contributed by atoms with Gasteiger partial charge < -0.3 is 15.8 Å². The third-order valence-electron chi connectivity index (χ3n) is 2.59. The van der Waals surface area contributed by atoms with E-state index in [0.717, 1.165) is 6.07 Å². The maximum atomic E-state index is 13.2. The molecule has 1 aromatic rings. The van der Waals surface area contributed by atoms with Gasteiger partial charge in [0, 0.05) is 12.6 Å². The van der Waals surface area contributed by atoms with Crippen LogP contribution in [-0.4, -0.2) is 18.2 Å². The Kier molecular flexibility index (Phi) is 5.39. The van der Waals surface area contributed by atoms with Crippen LogP contribution in [0.1, 0.15) is 37.9 Å². The van der Waals surface area contributed by atoms with Crippen molar-refractivity contribution in [3.05, 3.63) is 35.1 Å². The van der Waals surface area contributed by atoms with Gasteiger partial charge in [-0.05, 0) is 38.5 Å². The van der Waals surface area contributed by atoms with Crippen LogP contribution in [0.5, 0.6) is 0 Å². The average Bonchev–Trinajstić information content (AvgIpc) is 2.33. The summed E-state index contributed by atoms with van der Waals surface area (Å²) in [6.07, 6.45) is -5.54. The van der Waals surface area contributed by atoms with E-state index in [-0.39, 0.29) is 12.1 Å². The fourth-order valence-electron chi connectivity index (χ4n) is 1.62. The zero-order valence-corrected chi connectivity index (χ0v) is 12.4. The normalized spacial score (nSPS) is 13.6. The van der Waals surface area contributed by atoms with Crippen LogP contribution < -0.4 is 11.1 Å². The molecule has 0 aliphatic rings. The number of alkyl halides is 3. The summed E-state index contributed by atoms with van der Waals surface area (Å²) in [5.74, 6) is -1.37. The molecule has 0 aliphatic heterocycles. The standard InChI is InChI=1S/C14H18F4N2O2/c1-13(2,3)22-12(21)20-7-11(19)8-4-5-10(15)9(6-8)14(16,17)18/h4-6,11H,7,19H2,1-3H3,(H,20,21). The third-order valence-corrected chi connectivity index (χ3v) is 2.59. The van der Waals surface area contributed by atoms with Crippen LogP contribution in [-0.2, 0) is 10.9 Å². The first kappa shape index (κ1) is 18.2. The molecule has 0 saturated carbocycles. The minimum Gasteiger partial charge on any atom is -0.444 e. The monoisotopic (exact) mass is 322 g/mol. The first-order valence-corrected chi connectivity index (χ1v) is 6.49. The number of halogens is 4. The number of carbonyl (C=O) groups excluding carboxylic acids is 1. The van der Waals surface area contributed by atoms with Crippen molar-refractivity contribution in [1.82, 2.24) is 5.32 Å². The Morgan fingerprint density at radius 3 is 2.41 bits per heavy atom. The minimum absolute atomic E-state index is 0.0600. The molecule has 4 nitrogen and oxygen atoms in total. The van der Waals surface area contributed by atoms with E-state index in [4.69, 9.17) is 10.5 Å². The number of amides is 1. The summed E-state index contributed by atoms with van der Waals surface area (Å²) in [4.78, 5) is 11.4. The lowest BCUT2D eigenvalue weighted by molar-refractivity contribution is -0.140. The first-order chi connectivity index (χ1) is 9.90. The van der Waals surface area contributed by atoms with Crippen molar-refractivity contribution in [1.29, 1.82) is 0 Å². The molecular weight excluding hydrogens is 304 g/mol. The van der Waals surface area contributed by atoms with E-state index >= 15 is 0 Å². The van der Waals surface area contributed by atoms with Crippen LogP contribution in [0.2, 0.25) is 0 Å². The topological polar surface area (TPSA) is 64.3 Å². The SMILES string of the molecule is CC(C)(C)OC(=O)NCC(N)c1ccc(F)c(C(F)(F)F)c1. The minimum atomic E-state index is -4.81. The lowest BCUT2D eigenvalue weighted by Gasteiger charge is -2.21. The molecule has 124 valence electrons. The predicted octanol–water partition coefficient (Wildman–Crippen LogP) is 3.37. The number of nitrogens with one attached hydrogen (secondary N) is 1. The molecule has 1 aromatic carbocycles. The fraction of sp³-hybridized carbons (Fsp3) is 0.500. The molecule has 0 aromatic heterocycles. The lowest BCUT2D eigenvalue weighted by atomic mass is 10.0. The molecule has 0 radical (unpaired) electrons. The van der Waals surface area contributed by atoms with Crippen LogP contribution in [0.4, 0.5) is 22.4 Å². The van der Waals surface area contributed by atoms with E-state index in [1.807, 2.05) is 0 Å². The Bertz CT molecular complexity index is 539. The van der Waals surface area contributed by atoms with Gasteiger partial charge in [-0.3, -0.25) is 0 Å². The van der Waals surface area contributed by atoms with Gasteiger partial charge in [0.1, 0.15) is 11.4 Å². The van der Waals surface area contributed by atoms with Crippen molar-refractivity contribution >= 4 is 6.09 Å². The van der Waals surface area contributed by atoms with E-state index < -0.39 is 35.3 Å². The zero-order chi connectivity index (χ0) is 17.1. The number of hydrogen-bond donors (Lipinski definition) is 2. The molecule has 1 amide bonds. The highest BCUT2D eigenvalue weighted by atomic mass is 19.4. The highest BCUT2D eigenvalue weighted by Crippen LogP contribution is 2.32. The van der Waals surface area contributed by atoms with Gasteiger partial charge in [-0.2, -0.15) is 13.2 Å². The van der Waals surface area contributed by atoms with E-state index in [1.54, 1.807) is 20.8 Å². The summed E-state index contributed by atoms with van der Waals surface area (Å²) in [6, 6.07) is 1.56. The molecule has 0 bridgehead atoms. The summed E-state index contributed by atoms with van der Waals surface area (Å²) in [6.45, 7) is 4.87. The van der Waals surface area contributed by atoms with Gasteiger partial charge in [0.2, 0.25) is 0 Å². The number of hydrogen-bond acceptors (Lipinski definition) is 3. The predicted molar refractivity (Wildman–Crippen MR) is 72.6 cm³/mol. The molecule has 1 unspecified atom stereocenters. The highest BCUT2D eigenvalue weighted by Gasteiger charge is 2.34. The summed E-state index contributed by atoms with van der Waals surface area (Å²) in [5.41, 5.74) is 3.68. The number of ether oxygens (including phenoxy) is 1. The average molecular weight is 322 g/mol. The van der Waals surface area contributed by atoms with Gasteiger partial charge in [0.05, 0.1) is 5.56 Å². The van der Waals surface area contributed by atoms with E-state index in [0.29, 0.717) is 12.1 Å². The van der Waals surface area contributed by atoms with Crippen LogP contribution >= 0.6 is 0 Å². The zero-order valence-electron chi connectivity index (χ0n) is 12.4. The smallest absolute Gasteiger partial charge is 0.419 e. The van der Waals surface area contributed by atoms with Gasteiger partial charge in [-0.1, -0.05) is 6.07 Å². The molecule has 0 spiro atoms. The maximum absolute atomic E-state index is 13.2. The van der Waals surface area contributed by atoms with E-state index in [1.165, 1.54) is 0 Å². The quantitative estimate of drug-likeness (QED) is 0.839. The Hall–Kier alpha value is -1.83. The van der Waals surface area contributed by atoms with Crippen LogP contribution in [0.25, 0.3) is 0 Å². The second-order valence-corrected chi connectivity index (χ2v) is 5.73. The summed E-state index contributed by atoms with van der Waals surface area (Å²) >= 11 is 0. The van der Waals surface area contributed by atoms with Crippen molar-refractivity contribution in [3.8, 4) is 0 Å². The Labute approximate surface area is 125 Å². The van der Waals surface area contributed by atoms with Crippen molar-refractivity contribution in [2.45, 2.75) is 38.6 Å². The molecule has 0 saturated heterocycles. The van der Waals surface area contributed by atoms with E-state index in [2.05, 4.69) is 5.32 Å². The number of rotatable bonds is 3. The van der Waals surface area contributed by atoms with Gasteiger partial charge in [0.25, 0.3) is 0 Å². The largest absolute Gasteiger partial charge is 0.444 e. The van der Waals surface area contributed by atoms with Crippen molar-refractivity contribution in [2.75, 3.05) is 6.54 Å². The fourth-order valence-corrected chi connectivity index (χ4v) is 1.62. The van der Waals surface area contributed by atoms with E-state index in [9.17, 15) is 22.4 Å². The molecule has 1 atom stereocenters. The van der Waals surface area contributed by atoms with Gasteiger partial charge in [-0.25, -0.2) is 9.18 Å². The maximum Gasteiger partial charge on any atom is 0.419 e. The summed E-state index contributed by atoms with van der Waals surface area (Å²) in [5, 5.41) is 2.35. The number of nitrogens with two attached hydrogens (primary N) is 1. The molecular formula is C14H18F4N2O2. The lowest BCUT2D eigenvalue weighted by Crippen LogP contribution is -2.36. The molecule has 8 heteroatoms. The summed E-state index contributed by atoms with van der Waals surface area (Å²) < 4.78 is 56.0. The molecule has 1 rings (SSSR count). The molecule has 0 fully saturated rings. The van der Waals surface area contributed by atoms with Crippen molar-refractivity contribution < 1.29 is 27.1 Å². The van der Waals surface area contributed by atoms with Crippen molar-refractivity contribution in [2.24, 2.45) is 5.73 Å². The molecule has 3 N–H and O–H groups in total. The van der Waals surface area contributed by atoms with Crippen LogP contribution in [0, 0.1) is 5.82 Å². The Balaban J connectivity index is 2.75. The number of benzene rings is 1. The summed E-state index contributed by atoms with van der Waals surface area (Å²) in [7, 11) is 0. The Morgan fingerprint density at radius 1 is 1.32 bits per heavy atom. The number of alkyl carbamates (subject to hydrolysis) is 1.